The molecule has 1 saturated carbocycles. The molecule has 0 saturated heterocycles. The first kappa shape index (κ1) is 19.5. The topological polar surface area (TPSA) is 144 Å². The second-order valence-electron chi connectivity index (χ2n) is 8.13. The molecule has 4 aromatic rings. The summed E-state index contributed by atoms with van der Waals surface area (Å²) in [6.45, 7) is 0.642. The normalized spacial score (nSPS) is 21.3. The fourth-order valence-electron chi connectivity index (χ4n) is 3.98. The fourth-order valence-corrected chi connectivity index (χ4v) is 3.98. The summed E-state index contributed by atoms with van der Waals surface area (Å²) >= 11 is 0. The van der Waals surface area contributed by atoms with Crippen LogP contribution in [-0.2, 0) is 12.1 Å². The first-order valence-corrected chi connectivity index (χ1v) is 10.5. The van der Waals surface area contributed by atoms with Crippen molar-refractivity contribution in [2.75, 3.05) is 5.32 Å². The maximum absolute atomic E-state index is 6.61. The van der Waals surface area contributed by atoms with Crippen LogP contribution in [-0.4, -0.2) is 36.2 Å². The van der Waals surface area contributed by atoms with E-state index in [1.807, 2.05) is 24.3 Å². The Hall–Kier alpha value is -3.43. The van der Waals surface area contributed by atoms with Crippen LogP contribution in [0.5, 0.6) is 0 Å². The van der Waals surface area contributed by atoms with Crippen molar-refractivity contribution in [1.82, 2.24) is 30.1 Å². The van der Waals surface area contributed by atoms with Crippen LogP contribution in [0.15, 0.2) is 48.8 Å². The molecule has 3 aromatic heterocycles. The number of aromatic amines is 1. The number of nitrogens with zero attached hydrogens (tertiary/aromatic N) is 5. The highest BCUT2D eigenvalue weighted by molar-refractivity contribution is 5.89. The van der Waals surface area contributed by atoms with E-state index < -0.39 is 5.54 Å². The van der Waals surface area contributed by atoms with Crippen LogP contribution < -0.4 is 16.8 Å². The molecule has 0 radical (unpaired) electrons. The van der Waals surface area contributed by atoms with Gasteiger partial charge in [-0.2, -0.15) is 5.10 Å². The van der Waals surface area contributed by atoms with Crippen LogP contribution in [0.4, 0.5) is 5.95 Å². The van der Waals surface area contributed by atoms with E-state index in [0.29, 0.717) is 24.0 Å². The molecule has 5 rings (SSSR count). The lowest BCUT2D eigenvalue weighted by atomic mass is 9.80. The highest BCUT2D eigenvalue weighted by Crippen LogP contribution is 2.33. The van der Waals surface area contributed by atoms with Crippen molar-refractivity contribution in [2.24, 2.45) is 11.5 Å². The van der Waals surface area contributed by atoms with E-state index in [1.54, 1.807) is 12.4 Å². The number of aromatic nitrogens is 6. The minimum Gasteiger partial charge on any atom is -0.350 e. The molecule has 0 atom stereocenters. The van der Waals surface area contributed by atoms with Gasteiger partial charge < -0.3 is 16.8 Å². The Morgan fingerprint density at radius 2 is 1.87 bits per heavy atom. The molecule has 1 fully saturated rings. The SMILES string of the molecule is NC1CCC(N)(c2ncc3c(-c4ccnc(NCc5ccccc5)n4)[nH]nc3n2)CC1. The van der Waals surface area contributed by atoms with Crippen molar-refractivity contribution in [2.45, 2.75) is 43.8 Å². The monoisotopic (exact) mass is 415 g/mol. The molecule has 6 N–H and O–H groups in total. The van der Waals surface area contributed by atoms with Crippen LogP contribution >= 0.6 is 0 Å². The average molecular weight is 416 g/mol. The Bertz CT molecular complexity index is 1180. The zero-order valence-corrected chi connectivity index (χ0v) is 17.1. The fraction of sp³-hybridized carbons (Fsp3) is 0.318. The van der Waals surface area contributed by atoms with Gasteiger partial charge >= 0.3 is 0 Å². The van der Waals surface area contributed by atoms with Gasteiger partial charge in [0.15, 0.2) is 11.5 Å². The first-order chi connectivity index (χ1) is 15.1. The molecular formula is C22H25N9. The number of hydrogen-bond acceptors (Lipinski definition) is 8. The van der Waals surface area contributed by atoms with E-state index in [1.165, 1.54) is 0 Å². The molecule has 158 valence electrons. The lowest BCUT2D eigenvalue weighted by Crippen LogP contribution is -2.44. The van der Waals surface area contributed by atoms with Crippen molar-refractivity contribution < 1.29 is 0 Å². The predicted octanol–water partition coefficient (Wildman–Crippen LogP) is 2.48. The van der Waals surface area contributed by atoms with Gasteiger partial charge in [0.1, 0.15) is 0 Å². The zero-order chi connectivity index (χ0) is 21.3. The number of H-pyrrole nitrogens is 1. The second-order valence-corrected chi connectivity index (χ2v) is 8.13. The van der Waals surface area contributed by atoms with Crippen LogP contribution in [0.2, 0.25) is 0 Å². The van der Waals surface area contributed by atoms with Gasteiger partial charge in [-0.15, -0.1) is 0 Å². The van der Waals surface area contributed by atoms with Gasteiger partial charge in [0, 0.05) is 25.0 Å². The molecule has 3 heterocycles. The molecule has 1 aliphatic carbocycles. The van der Waals surface area contributed by atoms with Gasteiger partial charge in [0.05, 0.1) is 22.3 Å². The van der Waals surface area contributed by atoms with Crippen LogP contribution in [0.1, 0.15) is 37.1 Å². The Balaban J connectivity index is 1.39. The molecular weight excluding hydrogens is 390 g/mol. The van der Waals surface area contributed by atoms with Crippen LogP contribution in [0, 0.1) is 0 Å². The average Bonchev–Trinajstić information content (AvgIpc) is 3.24. The van der Waals surface area contributed by atoms with Gasteiger partial charge in [0.2, 0.25) is 5.95 Å². The highest BCUT2D eigenvalue weighted by Gasteiger charge is 2.35. The van der Waals surface area contributed by atoms with Crippen LogP contribution in [0.3, 0.4) is 0 Å². The number of nitrogens with two attached hydrogens (primary N) is 2. The minimum absolute atomic E-state index is 0.208. The Morgan fingerprint density at radius 3 is 2.68 bits per heavy atom. The maximum Gasteiger partial charge on any atom is 0.223 e. The minimum atomic E-state index is -0.549. The van der Waals surface area contributed by atoms with E-state index in [4.69, 9.17) is 11.5 Å². The van der Waals surface area contributed by atoms with Gasteiger partial charge in [0.25, 0.3) is 0 Å². The van der Waals surface area contributed by atoms with Gasteiger partial charge in [-0.1, -0.05) is 30.3 Å². The molecule has 1 aliphatic rings. The summed E-state index contributed by atoms with van der Waals surface area (Å²) in [5.74, 6) is 1.17. The molecule has 0 bridgehead atoms. The zero-order valence-electron chi connectivity index (χ0n) is 17.1. The van der Waals surface area contributed by atoms with Gasteiger partial charge in [-0.05, 0) is 37.3 Å². The third-order valence-electron chi connectivity index (χ3n) is 5.88. The highest BCUT2D eigenvalue weighted by atomic mass is 15.2. The molecule has 0 spiro atoms. The lowest BCUT2D eigenvalue weighted by Gasteiger charge is -2.34. The molecule has 9 heteroatoms. The number of rotatable bonds is 5. The summed E-state index contributed by atoms with van der Waals surface area (Å²) in [6, 6.07) is 12.2. The summed E-state index contributed by atoms with van der Waals surface area (Å²) in [7, 11) is 0. The summed E-state index contributed by atoms with van der Waals surface area (Å²) < 4.78 is 0. The summed E-state index contributed by atoms with van der Waals surface area (Å²) in [6.07, 6.45) is 6.81. The van der Waals surface area contributed by atoms with Crippen LogP contribution in [0.25, 0.3) is 22.4 Å². The van der Waals surface area contributed by atoms with Crippen molar-refractivity contribution in [1.29, 1.82) is 0 Å². The van der Waals surface area contributed by atoms with Gasteiger partial charge in [-0.25, -0.2) is 19.9 Å². The van der Waals surface area contributed by atoms with Crippen molar-refractivity contribution >= 4 is 17.0 Å². The second kappa shape index (κ2) is 8.01. The van der Waals surface area contributed by atoms with Crippen molar-refractivity contribution in [3.05, 3.63) is 60.2 Å². The van der Waals surface area contributed by atoms with Gasteiger partial charge in [-0.3, -0.25) is 5.10 Å². The number of hydrogen-bond donors (Lipinski definition) is 4. The third-order valence-corrected chi connectivity index (χ3v) is 5.88. The molecule has 31 heavy (non-hydrogen) atoms. The van der Waals surface area contributed by atoms with Crippen molar-refractivity contribution in [3.63, 3.8) is 0 Å². The standard InChI is InChI=1S/C22H25N9/c23-15-6-9-22(24,10-7-15)20-26-13-16-18(30-31-19(16)29-20)17-8-11-25-21(28-17)27-12-14-4-2-1-3-5-14/h1-5,8,11,13,15H,6-7,9-10,12,23-24H2,(H,25,27,28)(H,26,29,30,31). The van der Waals surface area contributed by atoms with E-state index >= 15 is 0 Å². The number of fused-ring (bicyclic) bond motifs is 1. The number of anilines is 1. The predicted molar refractivity (Wildman–Crippen MR) is 119 cm³/mol. The Morgan fingerprint density at radius 1 is 1.06 bits per heavy atom. The first-order valence-electron chi connectivity index (χ1n) is 10.5. The largest absolute Gasteiger partial charge is 0.350 e. The lowest BCUT2D eigenvalue weighted by molar-refractivity contribution is 0.265. The third kappa shape index (κ3) is 3.97. The van der Waals surface area contributed by atoms with E-state index in [2.05, 4.69) is 47.6 Å². The van der Waals surface area contributed by atoms with Crippen molar-refractivity contribution in [3.8, 4) is 11.4 Å². The quantitative estimate of drug-likeness (QED) is 0.389. The van der Waals surface area contributed by atoms with E-state index in [9.17, 15) is 0 Å². The molecule has 0 amide bonds. The molecule has 0 aliphatic heterocycles. The summed E-state index contributed by atoms with van der Waals surface area (Å²) in [5.41, 5.74) is 15.3. The van der Waals surface area contributed by atoms with E-state index in [-0.39, 0.29) is 6.04 Å². The summed E-state index contributed by atoms with van der Waals surface area (Å²) in [4.78, 5) is 18.2. The maximum atomic E-state index is 6.61. The summed E-state index contributed by atoms with van der Waals surface area (Å²) in [5, 5.41) is 11.5. The Kier molecular flexibility index (Phi) is 5.05. The number of nitrogens with one attached hydrogen (secondary N) is 2. The van der Waals surface area contributed by atoms with E-state index in [0.717, 1.165) is 48.0 Å². The Labute approximate surface area is 179 Å². The molecule has 9 nitrogen and oxygen atoms in total. The number of benzene rings is 1. The molecule has 1 aromatic carbocycles. The molecule has 0 unspecified atom stereocenters. The smallest absolute Gasteiger partial charge is 0.223 e.